The molecule has 0 saturated carbocycles. The van der Waals surface area contributed by atoms with Crippen molar-refractivity contribution < 1.29 is 4.42 Å². The van der Waals surface area contributed by atoms with Gasteiger partial charge < -0.3 is 4.42 Å². The van der Waals surface area contributed by atoms with Gasteiger partial charge >= 0.3 is 0 Å². The van der Waals surface area contributed by atoms with Crippen LogP contribution in [0.2, 0.25) is 5.15 Å². The van der Waals surface area contributed by atoms with E-state index in [1.54, 1.807) is 24.7 Å². The highest BCUT2D eigenvalue weighted by Crippen LogP contribution is 2.31. The molecule has 0 fully saturated rings. The van der Waals surface area contributed by atoms with Crippen LogP contribution in [-0.2, 0) is 0 Å². The van der Waals surface area contributed by atoms with E-state index < -0.39 is 0 Å². The van der Waals surface area contributed by atoms with Gasteiger partial charge in [0.15, 0.2) is 5.58 Å². The quantitative estimate of drug-likeness (QED) is 0.529. The van der Waals surface area contributed by atoms with Crippen LogP contribution in [0.3, 0.4) is 0 Å². The fourth-order valence-electron chi connectivity index (χ4n) is 1.54. The molecule has 0 radical (unpaired) electrons. The maximum atomic E-state index is 5.99. The zero-order valence-electron chi connectivity index (χ0n) is 7.07. The van der Waals surface area contributed by atoms with E-state index in [0.29, 0.717) is 5.15 Å². The summed E-state index contributed by atoms with van der Waals surface area (Å²) < 4.78 is 5.55. The van der Waals surface area contributed by atoms with Gasteiger partial charge in [0.1, 0.15) is 10.7 Å². The molecule has 3 heterocycles. The number of fused-ring (bicyclic) bond motifs is 3. The molecule has 0 aliphatic rings. The van der Waals surface area contributed by atoms with Crippen molar-refractivity contribution in [1.82, 2.24) is 9.97 Å². The van der Waals surface area contributed by atoms with Gasteiger partial charge in [0, 0.05) is 17.8 Å². The molecule has 3 aromatic rings. The van der Waals surface area contributed by atoms with Crippen molar-refractivity contribution in [2.24, 2.45) is 0 Å². The van der Waals surface area contributed by atoms with E-state index in [1.807, 2.05) is 6.07 Å². The Hall–Kier alpha value is -1.61. The normalized spacial score (nSPS) is 11.2. The molecule has 3 nitrogen and oxygen atoms in total. The lowest BCUT2D eigenvalue weighted by Gasteiger charge is -1.90. The second-order valence-corrected chi connectivity index (χ2v) is 3.31. The van der Waals surface area contributed by atoms with Gasteiger partial charge in [-0.2, -0.15) is 0 Å². The number of pyridine rings is 2. The van der Waals surface area contributed by atoms with Crippen LogP contribution in [0.5, 0.6) is 0 Å². The molecule has 0 aromatic carbocycles. The van der Waals surface area contributed by atoms with Crippen LogP contribution in [0, 0.1) is 0 Å². The third-order valence-electron chi connectivity index (χ3n) is 2.14. The summed E-state index contributed by atoms with van der Waals surface area (Å²) in [6.07, 6.45) is 5.01. The lowest BCUT2D eigenvalue weighted by atomic mass is 10.2. The zero-order chi connectivity index (χ0) is 9.54. The predicted molar refractivity (Wildman–Crippen MR) is 54.3 cm³/mol. The minimum absolute atomic E-state index is 0.465. The highest BCUT2D eigenvalue weighted by atomic mass is 35.5. The lowest BCUT2D eigenvalue weighted by Crippen LogP contribution is -1.74. The van der Waals surface area contributed by atoms with Crippen molar-refractivity contribution in [2.75, 3.05) is 0 Å². The predicted octanol–water partition coefficient (Wildman–Crippen LogP) is 3.03. The zero-order valence-corrected chi connectivity index (χ0v) is 7.82. The van der Waals surface area contributed by atoms with E-state index in [9.17, 15) is 0 Å². The molecule has 0 saturated heterocycles. The molecule has 0 aliphatic carbocycles. The molecule has 0 N–H and O–H groups in total. The number of hydrogen-bond donors (Lipinski definition) is 0. The SMILES string of the molecule is Clc1nccc2oc3cnccc3c12. The van der Waals surface area contributed by atoms with Crippen molar-refractivity contribution in [3.8, 4) is 0 Å². The van der Waals surface area contributed by atoms with Gasteiger partial charge in [0.25, 0.3) is 0 Å². The maximum absolute atomic E-state index is 5.99. The summed E-state index contributed by atoms with van der Waals surface area (Å²) in [5.41, 5.74) is 1.48. The minimum atomic E-state index is 0.465. The summed E-state index contributed by atoms with van der Waals surface area (Å²) in [5.74, 6) is 0. The first-order chi connectivity index (χ1) is 6.86. The Morgan fingerprint density at radius 1 is 1.14 bits per heavy atom. The van der Waals surface area contributed by atoms with Gasteiger partial charge in [-0.25, -0.2) is 4.98 Å². The third kappa shape index (κ3) is 0.930. The molecule has 0 atom stereocenters. The highest BCUT2D eigenvalue weighted by Gasteiger charge is 2.09. The smallest absolute Gasteiger partial charge is 0.153 e. The molecule has 0 unspecified atom stereocenters. The number of furan rings is 1. The van der Waals surface area contributed by atoms with Crippen LogP contribution in [0.4, 0.5) is 0 Å². The Morgan fingerprint density at radius 3 is 3.00 bits per heavy atom. The van der Waals surface area contributed by atoms with Crippen LogP contribution >= 0.6 is 11.6 Å². The molecular formula is C10H5ClN2O. The monoisotopic (exact) mass is 204 g/mol. The Bertz CT molecular complexity index is 618. The van der Waals surface area contributed by atoms with Crippen molar-refractivity contribution in [3.63, 3.8) is 0 Å². The molecule has 68 valence electrons. The second-order valence-electron chi connectivity index (χ2n) is 2.95. The van der Waals surface area contributed by atoms with E-state index in [1.165, 1.54) is 0 Å². The van der Waals surface area contributed by atoms with Crippen molar-refractivity contribution >= 4 is 33.5 Å². The standard InChI is InChI=1S/C10H5ClN2O/c11-10-9-6-1-3-12-5-8(6)14-7(9)2-4-13-10/h1-5H. The van der Waals surface area contributed by atoms with E-state index in [-0.39, 0.29) is 0 Å². The van der Waals surface area contributed by atoms with Crippen LogP contribution in [0.15, 0.2) is 35.1 Å². The van der Waals surface area contributed by atoms with Crippen molar-refractivity contribution in [1.29, 1.82) is 0 Å². The van der Waals surface area contributed by atoms with Crippen LogP contribution in [0.25, 0.3) is 21.9 Å². The van der Waals surface area contributed by atoms with E-state index in [2.05, 4.69) is 9.97 Å². The molecule has 0 spiro atoms. The van der Waals surface area contributed by atoms with Gasteiger partial charge in [0.2, 0.25) is 0 Å². The van der Waals surface area contributed by atoms with Crippen LogP contribution < -0.4 is 0 Å². The largest absolute Gasteiger partial charge is 0.454 e. The number of rotatable bonds is 0. The van der Waals surface area contributed by atoms with Crippen LogP contribution in [0.1, 0.15) is 0 Å². The Morgan fingerprint density at radius 2 is 2.07 bits per heavy atom. The summed E-state index contributed by atoms with van der Waals surface area (Å²) in [7, 11) is 0. The molecule has 3 rings (SSSR count). The Labute approximate surface area is 84.3 Å². The van der Waals surface area contributed by atoms with Crippen molar-refractivity contribution in [2.45, 2.75) is 0 Å². The molecular weight excluding hydrogens is 200 g/mol. The topological polar surface area (TPSA) is 38.9 Å². The van der Waals surface area contributed by atoms with E-state index in [4.69, 9.17) is 16.0 Å². The lowest BCUT2D eigenvalue weighted by molar-refractivity contribution is 0.666. The number of aromatic nitrogens is 2. The first kappa shape index (κ1) is 7.76. The molecule has 0 bridgehead atoms. The van der Waals surface area contributed by atoms with Crippen molar-refractivity contribution in [3.05, 3.63) is 35.9 Å². The first-order valence-electron chi connectivity index (χ1n) is 4.13. The third-order valence-corrected chi connectivity index (χ3v) is 2.43. The highest BCUT2D eigenvalue weighted by molar-refractivity contribution is 6.36. The Balaban J connectivity index is 2.65. The summed E-state index contributed by atoms with van der Waals surface area (Å²) in [6, 6.07) is 3.66. The van der Waals surface area contributed by atoms with Gasteiger partial charge in [-0.3, -0.25) is 4.98 Å². The second kappa shape index (κ2) is 2.69. The van der Waals surface area contributed by atoms with Gasteiger partial charge in [0.05, 0.1) is 11.6 Å². The fourth-order valence-corrected chi connectivity index (χ4v) is 1.79. The minimum Gasteiger partial charge on any atom is -0.454 e. The average Bonchev–Trinajstić information content (AvgIpc) is 2.57. The molecule has 4 heteroatoms. The number of halogens is 1. The summed E-state index contributed by atoms with van der Waals surface area (Å²) in [5, 5.41) is 2.27. The van der Waals surface area contributed by atoms with Gasteiger partial charge in [-0.05, 0) is 12.1 Å². The first-order valence-corrected chi connectivity index (χ1v) is 4.51. The summed E-state index contributed by atoms with van der Waals surface area (Å²) in [4.78, 5) is 8.00. The maximum Gasteiger partial charge on any atom is 0.153 e. The van der Waals surface area contributed by atoms with Gasteiger partial charge in [-0.1, -0.05) is 11.6 Å². The molecule has 0 aliphatic heterocycles. The summed E-state index contributed by atoms with van der Waals surface area (Å²) >= 11 is 5.99. The fraction of sp³-hybridized carbons (Fsp3) is 0. The number of hydrogen-bond acceptors (Lipinski definition) is 3. The van der Waals surface area contributed by atoms with Crippen LogP contribution in [-0.4, -0.2) is 9.97 Å². The Kier molecular flexibility index (Phi) is 1.49. The van der Waals surface area contributed by atoms with E-state index >= 15 is 0 Å². The number of nitrogens with zero attached hydrogens (tertiary/aromatic N) is 2. The van der Waals surface area contributed by atoms with E-state index in [0.717, 1.165) is 21.9 Å². The average molecular weight is 205 g/mol. The molecule has 3 aromatic heterocycles. The molecule has 14 heavy (non-hydrogen) atoms. The van der Waals surface area contributed by atoms with Gasteiger partial charge in [-0.15, -0.1) is 0 Å². The summed E-state index contributed by atoms with van der Waals surface area (Å²) in [6.45, 7) is 0. The molecule has 0 amide bonds.